The second-order valence-corrected chi connectivity index (χ2v) is 4.35. The number of nitrogens with zero attached hydrogens (tertiary/aromatic N) is 4. The van der Waals surface area contributed by atoms with Crippen LogP contribution in [0, 0.1) is 6.92 Å². The quantitative estimate of drug-likeness (QED) is 0.508. The van der Waals surface area contributed by atoms with E-state index in [1.807, 2.05) is 0 Å². The number of nitrogens with one attached hydrogen (secondary N) is 2. The topological polar surface area (TPSA) is 115 Å². The largest absolute Gasteiger partial charge is 0.369 e. The van der Waals surface area contributed by atoms with Crippen molar-refractivity contribution in [1.29, 1.82) is 0 Å². The third-order valence-corrected chi connectivity index (χ3v) is 2.79. The van der Waals surface area contributed by atoms with Crippen LogP contribution in [0.2, 0.25) is 0 Å². The zero-order valence-corrected chi connectivity index (χ0v) is 11.7. The van der Waals surface area contributed by atoms with E-state index in [1.54, 1.807) is 6.92 Å². The molecule has 0 saturated heterocycles. The average Bonchev–Trinajstić information content (AvgIpc) is 2.86. The summed E-state index contributed by atoms with van der Waals surface area (Å²) in [6.07, 6.45) is 3.98. The lowest BCUT2D eigenvalue weighted by Gasteiger charge is -2.12. The standard InChI is InChI=1S/C12H19N7O/c1-3-4-9-11(15-7-16-12(9)18-13)14-6-5-10-17-8(2)20-19-10/h7H,3-6,13H2,1-2H3,(H2,14,15,16,18). The molecular weight excluding hydrogens is 258 g/mol. The van der Waals surface area contributed by atoms with E-state index >= 15 is 0 Å². The van der Waals surface area contributed by atoms with Crippen LogP contribution < -0.4 is 16.6 Å². The Morgan fingerprint density at radius 2 is 2.05 bits per heavy atom. The van der Waals surface area contributed by atoms with Gasteiger partial charge in [0.1, 0.15) is 18.0 Å². The Morgan fingerprint density at radius 1 is 1.25 bits per heavy atom. The number of hydrogen-bond donors (Lipinski definition) is 3. The first kappa shape index (κ1) is 14.2. The van der Waals surface area contributed by atoms with Gasteiger partial charge in [-0.1, -0.05) is 18.5 Å². The number of nitrogen functional groups attached to an aromatic ring is 1. The van der Waals surface area contributed by atoms with Crippen LogP contribution in [0.1, 0.15) is 30.6 Å². The molecule has 8 heteroatoms. The molecule has 0 amide bonds. The first-order valence-electron chi connectivity index (χ1n) is 6.58. The zero-order valence-electron chi connectivity index (χ0n) is 11.7. The van der Waals surface area contributed by atoms with Crippen LogP contribution in [0.3, 0.4) is 0 Å². The molecule has 0 saturated carbocycles. The third-order valence-electron chi connectivity index (χ3n) is 2.79. The molecule has 0 aliphatic rings. The zero-order chi connectivity index (χ0) is 14.4. The van der Waals surface area contributed by atoms with E-state index < -0.39 is 0 Å². The van der Waals surface area contributed by atoms with Gasteiger partial charge in [-0.2, -0.15) is 4.98 Å². The number of nitrogens with two attached hydrogens (primary N) is 1. The summed E-state index contributed by atoms with van der Waals surface area (Å²) in [5.74, 6) is 8.16. The van der Waals surface area contributed by atoms with Gasteiger partial charge >= 0.3 is 0 Å². The molecule has 0 aliphatic heterocycles. The summed E-state index contributed by atoms with van der Waals surface area (Å²) in [7, 11) is 0. The smallest absolute Gasteiger partial charge is 0.223 e. The minimum atomic E-state index is 0.573. The van der Waals surface area contributed by atoms with Crippen molar-refractivity contribution >= 4 is 11.6 Å². The van der Waals surface area contributed by atoms with E-state index in [4.69, 9.17) is 10.4 Å². The summed E-state index contributed by atoms with van der Waals surface area (Å²) < 4.78 is 4.93. The van der Waals surface area contributed by atoms with Gasteiger partial charge in [0.05, 0.1) is 0 Å². The maximum absolute atomic E-state index is 5.47. The summed E-state index contributed by atoms with van der Waals surface area (Å²) in [5.41, 5.74) is 3.59. The highest BCUT2D eigenvalue weighted by atomic mass is 16.5. The monoisotopic (exact) mass is 277 g/mol. The van der Waals surface area contributed by atoms with E-state index in [0.29, 0.717) is 30.5 Å². The number of aromatic nitrogens is 4. The van der Waals surface area contributed by atoms with Crippen LogP contribution in [0.15, 0.2) is 10.9 Å². The SMILES string of the molecule is CCCc1c(NN)ncnc1NCCc1noc(C)n1. The Morgan fingerprint density at radius 3 is 2.70 bits per heavy atom. The van der Waals surface area contributed by atoms with Crippen molar-refractivity contribution in [2.75, 3.05) is 17.3 Å². The average molecular weight is 277 g/mol. The number of hydrazine groups is 1. The van der Waals surface area contributed by atoms with Crippen molar-refractivity contribution in [2.45, 2.75) is 33.1 Å². The highest BCUT2D eigenvalue weighted by molar-refractivity contribution is 5.56. The number of rotatable bonds is 7. The van der Waals surface area contributed by atoms with Crippen molar-refractivity contribution in [2.24, 2.45) is 5.84 Å². The number of anilines is 2. The van der Waals surface area contributed by atoms with Crippen molar-refractivity contribution in [3.05, 3.63) is 23.6 Å². The molecule has 0 spiro atoms. The van der Waals surface area contributed by atoms with Crippen LogP contribution in [-0.2, 0) is 12.8 Å². The van der Waals surface area contributed by atoms with E-state index in [0.717, 1.165) is 24.2 Å². The van der Waals surface area contributed by atoms with E-state index in [2.05, 4.69) is 37.8 Å². The molecule has 2 rings (SSSR count). The molecule has 4 N–H and O–H groups in total. The lowest BCUT2D eigenvalue weighted by Crippen LogP contribution is -2.15. The van der Waals surface area contributed by atoms with Crippen LogP contribution >= 0.6 is 0 Å². The fourth-order valence-corrected chi connectivity index (χ4v) is 1.91. The Bertz CT molecular complexity index is 554. The van der Waals surface area contributed by atoms with Gasteiger partial charge < -0.3 is 15.3 Å². The molecule has 0 atom stereocenters. The number of hydrogen-bond acceptors (Lipinski definition) is 8. The van der Waals surface area contributed by atoms with E-state index in [-0.39, 0.29) is 0 Å². The Balaban J connectivity index is 2.01. The van der Waals surface area contributed by atoms with Gasteiger partial charge in [0.2, 0.25) is 5.89 Å². The highest BCUT2D eigenvalue weighted by Gasteiger charge is 2.10. The van der Waals surface area contributed by atoms with Crippen LogP contribution in [0.4, 0.5) is 11.6 Å². The summed E-state index contributed by atoms with van der Waals surface area (Å²) >= 11 is 0. The molecule has 8 nitrogen and oxygen atoms in total. The van der Waals surface area contributed by atoms with Crippen molar-refractivity contribution in [3.63, 3.8) is 0 Å². The maximum Gasteiger partial charge on any atom is 0.223 e. The Hall–Kier alpha value is -2.22. The maximum atomic E-state index is 5.47. The van der Waals surface area contributed by atoms with Gasteiger partial charge in [0.15, 0.2) is 5.82 Å². The first-order chi connectivity index (χ1) is 9.74. The van der Waals surface area contributed by atoms with Crippen molar-refractivity contribution in [1.82, 2.24) is 20.1 Å². The summed E-state index contributed by atoms with van der Waals surface area (Å²) in [6, 6.07) is 0. The van der Waals surface area contributed by atoms with Gasteiger partial charge in [-0.15, -0.1) is 0 Å². The molecule has 20 heavy (non-hydrogen) atoms. The van der Waals surface area contributed by atoms with Gasteiger partial charge in [-0.25, -0.2) is 15.8 Å². The highest BCUT2D eigenvalue weighted by Crippen LogP contribution is 2.20. The van der Waals surface area contributed by atoms with Crippen LogP contribution in [0.25, 0.3) is 0 Å². The van der Waals surface area contributed by atoms with Gasteiger partial charge in [0.25, 0.3) is 0 Å². The molecule has 2 heterocycles. The lowest BCUT2D eigenvalue weighted by atomic mass is 10.1. The summed E-state index contributed by atoms with van der Waals surface area (Å²) in [5, 5.41) is 7.11. The fraction of sp³-hybridized carbons (Fsp3) is 0.500. The second kappa shape index (κ2) is 6.80. The van der Waals surface area contributed by atoms with Crippen LogP contribution in [-0.4, -0.2) is 26.7 Å². The van der Waals surface area contributed by atoms with Gasteiger partial charge in [0, 0.05) is 25.5 Å². The molecule has 0 aliphatic carbocycles. The minimum absolute atomic E-state index is 0.573. The van der Waals surface area contributed by atoms with Crippen LogP contribution in [0.5, 0.6) is 0 Å². The Kier molecular flexibility index (Phi) is 4.83. The van der Waals surface area contributed by atoms with Crippen molar-refractivity contribution < 1.29 is 4.52 Å². The summed E-state index contributed by atoms with van der Waals surface area (Å²) in [6.45, 7) is 4.53. The summed E-state index contributed by atoms with van der Waals surface area (Å²) in [4.78, 5) is 12.5. The third kappa shape index (κ3) is 3.41. The number of aryl methyl sites for hydroxylation is 1. The predicted molar refractivity (Wildman–Crippen MR) is 75.1 cm³/mol. The van der Waals surface area contributed by atoms with E-state index in [9.17, 15) is 0 Å². The molecule has 0 fully saturated rings. The van der Waals surface area contributed by atoms with Crippen molar-refractivity contribution in [3.8, 4) is 0 Å². The lowest BCUT2D eigenvalue weighted by molar-refractivity contribution is 0.387. The molecule has 2 aromatic rings. The van der Waals surface area contributed by atoms with Gasteiger partial charge in [-0.05, 0) is 6.42 Å². The first-order valence-corrected chi connectivity index (χ1v) is 6.58. The predicted octanol–water partition coefficient (Wildman–Crippen LogP) is 1.06. The molecule has 2 aromatic heterocycles. The van der Waals surface area contributed by atoms with E-state index in [1.165, 1.54) is 6.33 Å². The fourth-order valence-electron chi connectivity index (χ4n) is 1.91. The molecule has 0 bridgehead atoms. The Labute approximate surface area is 117 Å². The normalized spacial score (nSPS) is 10.6. The van der Waals surface area contributed by atoms with Gasteiger partial charge in [-0.3, -0.25) is 0 Å². The molecule has 0 unspecified atom stereocenters. The molecule has 108 valence electrons. The molecule has 0 radical (unpaired) electrons. The minimum Gasteiger partial charge on any atom is -0.369 e. The molecule has 0 aromatic carbocycles. The molecular formula is C12H19N7O. The second-order valence-electron chi connectivity index (χ2n) is 4.35.